The number of fused-ring (bicyclic) bond motifs is 6. The molecule has 0 fully saturated rings. The second-order valence-corrected chi connectivity index (χ2v) is 14.4. The first-order valence-electron chi connectivity index (χ1n) is 19.5. The Morgan fingerprint density at radius 3 is 1.57 bits per heavy atom. The van der Waals surface area contributed by atoms with E-state index in [-0.39, 0.29) is 0 Å². The van der Waals surface area contributed by atoms with Gasteiger partial charge in [-0.2, -0.15) is 0 Å². The molecule has 11 aromatic rings. The molecule has 58 heavy (non-hydrogen) atoms. The van der Waals surface area contributed by atoms with E-state index in [1.165, 1.54) is 5.56 Å². The summed E-state index contributed by atoms with van der Waals surface area (Å²) in [4.78, 5) is 9.87. The van der Waals surface area contributed by atoms with Crippen LogP contribution in [0.2, 0.25) is 0 Å². The largest absolute Gasteiger partial charge is 0.456 e. The Labute approximate surface area is 335 Å². The molecule has 0 atom stereocenters. The molecule has 0 aliphatic heterocycles. The Kier molecular flexibility index (Phi) is 8.07. The van der Waals surface area contributed by atoms with Gasteiger partial charge in [0.15, 0.2) is 5.58 Å². The van der Waals surface area contributed by atoms with E-state index in [4.69, 9.17) is 13.8 Å². The van der Waals surface area contributed by atoms with Crippen molar-refractivity contribution in [2.45, 2.75) is 0 Å². The molecule has 0 bridgehead atoms. The lowest BCUT2D eigenvalue weighted by Crippen LogP contribution is -2.14. The fourth-order valence-electron chi connectivity index (χ4n) is 8.12. The van der Waals surface area contributed by atoms with E-state index in [0.717, 1.165) is 89.1 Å². The summed E-state index contributed by atoms with van der Waals surface area (Å²) >= 11 is 0. The second kappa shape index (κ2) is 14.0. The number of rotatable bonds is 8. The molecule has 0 unspecified atom stereocenters. The predicted molar refractivity (Wildman–Crippen MR) is 239 cm³/mol. The molecule has 0 N–H and O–H groups in total. The van der Waals surface area contributed by atoms with Gasteiger partial charge < -0.3 is 18.6 Å². The molecule has 2 aromatic heterocycles. The van der Waals surface area contributed by atoms with Gasteiger partial charge in [-0.3, -0.25) is 0 Å². The van der Waals surface area contributed by atoms with Crippen LogP contribution in [0.3, 0.4) is 0 Å². The van der Waals surface area contributed by atoms with Gasteiger partial charge in [0.1, 0.15) is 16.7 Å². The summed E-state index contributed by atoms with van der Waals surface area (Å²) in [6.45, 7) is 0. The summed E-state index contributed by atoms with van der Waals surface area (Å²) in [6, 6.07) is 74.0. The van der Waals surface area contributed by atoms with Gasteiger partial charge in [0, 0.05) is 55.5 Å². The second-order valence-electron chi connectivity index (χ2n) is 14.4. The molecule has 9 aromatic carbocycles. The fraction of sp³-hybridized carbons (Fsp3) is 0. The van der Waals surface area contributed by atoms with Gasteiger partial charge in [-0.15, -0.1) is 0 Å². The lowest BCUT2D eigenvalue weighted by atomic mass is 10.0. The van der Waals surface area contributed by atoms with Crippen molar-refractivity contribution in [2.75, 3.05) is 9.80 Å². The Balaban J connectivity index is 1.19. The SMILES string of the molecule is c1ccc(-c2ccc(N(c3ccccc3)c3cc(N(c4ccccc4)c4ccc5oc6ccccc6c5c4)c4ccc5oc(-c6ccccc6)nc5c4c3)cc2)cc1. The summed E-state index contributed by atoms with van der Waals surface area (Å²) in [6.07, 6.45) is 0. The zero-order valence-corrected chi connectivity index (χ0v) is 31.4. The first-order valence-corrected chi connectivity index (χ1v) is 19.5. The summed E-state index contributed by atoms with van der Waals surface area (Å²) in [5, 5.41) is 4.16. The van der Waals surface area contributed by atoms with Crippen molar-refractivity contribution < 1.29 is 8.83 Å². The van der Waals surface area contributed by atoms with Gasteiger partial charge in [0.2, 0.25) is 5.89 Å². The van der Waals surface area contributed by atoms with Crippen LogP contribution in [0.5, 0.6) is 0 Å². The minimum atomic E-state index is 0.587. The Morgan fingerprint density at radius 1 is 0.310 bits per heavy atom. The molecule has 0 aliphatic rings. The molecule has 11 rings (SSSR count). The Hall–Kier alpha value is -7.89. The first kappa shape index (κ1) is 33.4. The van der Waals surface area contributed by atoms with Crippen LogP contribution in [-0.2, 0) is 0 Å². The zero-order valence-electron chi connectivity index (χ0n) is 31.4. The van der Waals surface area contributed by atoms with Gasteiger partial charge in [0.05, 0.1) is 5.69 Å². The minimum absolute atomic E-state index is 0.587. The van der Waals surface area contributed by atoms with Crippen LogP contribution in [0.1, 0.15) is 0 Å². The Morgan fingerprint density at radius 2 is 0.845 bits per heavy atom. The number of para-hydroxylation sites is 3. The molecule has 0 spiro atoms. The van der Waals surface area contributed by atoms with E-state index in [9.17, 15) is 0 Å². The quantitative estimate of drug-likeness (QED) is 0.155. The van der Waals surface area contributed by atoms with Crippen molar-refractivity contribution in [3.05, 3.63) is 212 Å². The van der Waals surface area contributed by atoms with Crippen LogP contribution in [0.25, 0.3) is 66.4 Å². The average molecular weight is 746 g/mol. The van der Waals surface area contributed by atoms with Crippen LogP contribution >= 0.6 is 0 Å². The number of nitrogens with zero attached hydrogens (tertiary/aromatic N) is 3. The monoisotopic (exact) mass is 745 g/mol. The van der Waals surface area contributed by atoms with E-state index >= 15 is 0 Å². The summed E-state index contributed by atoms with van der Waals surface area (Å²) in [5.41, 5.74) is 12.6. The third-order valence-corrected chi connectivity index (χ3v) is 10.9. The highest BCUT2D eigenvalue weighted by atomic mass is 16.3. The number of anilines is 6. The van der Waals surface area contributed by atoms with Crippen molar-refractivity contribution in [3.8, 4) is 22.6 Å². The molecule has 0 aliphatic carbocycles. The van der Waals surface area contributed by atoms with Crippen LogP contribution in [0.15, 0.2) is 221 Å². The van der Waals surface area contributed by atoms with Crippen molar-refractivity contribution >= 4 is 77.9 Å². The highest BCUT2D eigenvalue weighted by Crippen LogP contribution is 2.47. The third-order valence-electron chi connectivity index (χ3n) is 10.9. The third kappa shape index (κ3) is 5.85. The van der Waals surface area contributed by atoms with Gasteiger partial charge in [-0.05, 0) is 108 Å². The molecule has 0 saturated heterocycles. The normalized spacial score (nSPS) is 11.4. The minimum Gasteiger partial charge on any atom is -0.456 e. The molecular formula is C53H35N3O2. The topological polar surface area (TPSA) is 45.7 Å². The van der Waals surface area contributed by atoms with Gasteiger partial charge >= 0.3 is 0 Å². The molecule has 0 saturated carbocycles. The van der Waals surface area contributed by atoms with Gasteiger partial charge in [0.25, 0.3) is 0 Å². The molecule has 5 nitrogen and oxygen atoms in total. The molecule has 5 heteroatoms. The van der Waals surface area contributed by atoms with Gasteiger partial charge in [-0.1, -0.05) is 115 Å². The number of hydrogen-bond acceptors (Lipinski definition) is 5. The summed E-state index contributed by atoms with van der Waals surface area (Å²) in [7, 11) is 0. The van der Waals surface area contributed by atoms with E-state index in [2.05, 4.69) is 174 Å². The van der Waals surface area contributed by atoms with Crippen LogP contribution in [0, 0.1) is 0 Å². The maximum absolute atomic E-state index is 6.49. The van der Waals surface area contributed by atoms with Gasteiger partial charge in [-0.25, -0.2) is 4.98 Å². The average Bonchev–Trinajstić information content (AvgIpc) is 3.91. The lowest BCUT2D eigenvalue weighted by molar-refractivity contribution is 0.620. The smallest absolute Gasteiger partial charge is 0.227 e. The first-order chi connectivity index (χ1) is 28.7. The maximum Gasteiger partial charge on any atom is 0.227 e. The molecule has 274 valence electrons. The standard InChI is InChI=1S/C53H35N3O2/c1-5-15-36(16-6-1)37-25-27-41(28-26-37)55(39-19-9-3-10-20-39)43-34-47-44(30-32-51-52(47)54-53(58-51)38-17-7-2-8-18-38)48(35-43)56(40-21-11-4-12-22-40)42-29-31-50-46(33-42)45-23-13-14-24-49(45)57-50/h1-35H. The molecule has 0 amide bonds. The molecular weight excluding hydrogens is 711 g/mol. The predicted octanol–water partition coefficient (Wildman–Crippen LogP) is 15.2. The highest BCUT2D eigenvalue weighted by Gasteiger charge is 2.23. The fourth-order valence-corrected chi connectivity index (χ4v) is 8.12. The summed E-state index contributed by atoms with van der Waals surface area (Å²) < 4.78 is 12.8. The molecule has 0 radical (unpaired) electrons. The lowest BCUT2D eigenvalue weighted by Gasteiger charge is -2.31. The van der Waals surface area contributed by atoms with E-state index in [1.54, 1.807) is 0 Å². The van der Waals surface area contributed by atoms with Crippen molar-refractivity contribution in [1.82, 2.24) is 4.98 Å². The maximum atomic E-state index is 6.49. The highest BCUT2D eigenvalue weighted by molar-refractivity contribution is 6.13. The summed E-state index contributed by atoms with van der Waals surface area (Å²) in [5.74, 6) is 0.587. The van der Waals surface area contributed by atoms with Crippen molar-refractivity contribution in [1.29, 1.82) is 0 Å². The van der Waals surface area contributed by atoms with Crippen LogP contribution < -0.4 is 9.80 Å². The zero-order chi connectivity index (χ0) is 38.4. The number of furan rings is 1. The molecule has 2 heterocycles. The number of benzene rings is 9. The Bertz CT molecular complexity index is 3210. The number of aromatic nitrogens is 1. The van der Waals surface area contributed by atoms with Crippen LogP contribution in [0.4, 0.5) is 34.1 Å². The number of hydrogen-bond donors (Lipinski definition) is 0. The van der Waals surface area contributed by atoms with E-state index < -0.39 is 0 Å². The van der Waals surface area contributed by atoms with Crippen molar-refractivity contribution in [2.24, 2.45) is 0 Å². The number of oxazole rings is 1. The van der Waals surface area contributed by atoms with Crippen molar-refractivity contribution in [3.63, 3.8) is 0 Å². The van der Waals surface area contributed by atoms with E-state index in [1.807, 2.05) is 48.5 Å². The van der Waals surface area contributed by atoms with E-state index in [0.29, 0.717) is 5.89 Å². The van der Waals surface area contributed by atoms with Crippen LogP contribution in [-0.4, -0.2) is 4.98 Å².